The fourth-order valence-corrected chi connectivity index (χ4v) is 8.19. The minimum Gasteiger partial charge on any atom is -0.462 e. The molecule has 6 unspecified atom stereocenters. The Morgan fingerprint density at radius 2 is 1.76 bits per heavy atom. The van der Waals surface area contributed by atoms with E-state index >= 15 is 0 Å². The molecule has 0 amide bonds. The van der Waals surface area contributed by atoms with Crippen molar-refractivity contribution >= 4 is 27.9 Å². The van der Waals surface area contributed by atoms with Crippen molar-refractivity contribution in [2.45, 2.75) is 70.9 Å². The topological polar surface area (TPSA) is 61.8 Å². The molecule has 2 spiro atoms. The van der Waals surface area contributed by atoms with E-state index in [0.717, 1.165) is 12.8 Å². The number of hydrogen-bond acceptors (Lipinski definition) is 5. The Bertz CT molecular complexity index is 725. The first-order valence-corrected chi connectivity index (χ1v) is 10.4. The number of cyclic esters (lactones) is 2. The van der Waals surface area contributed by atoms with Crippen molar-refractivity contribution < 1.29 is 23.8 Å². The fraction of sp³-hybridized carbons (Fsp3) is 0.895. The number of alkyl halides is 1. The van der Waals surface area contributed by atoms with Crippen LogP contribution in [0.25, 0.3) is 0 Å². The van der Waals surface area contributed by atoms with Crippen LogP contribution < -0.4 is 0 Å². The van der Waals surface area contributed by atoms with Crippen LogP contribution in [0, 0.1) is 28.1 Å². The van der Waals surface area contributed by atoms with Crippen molar-refractivity contribution in [3.63, 3.8) is 0 Å². The van der Waals surface area contributed by atoms with Crippen molar-refractivity contribution in [1.29, 1.82) is 0 Å². The lowest BCUT2D eigenvalue weighted by atomic mass is 9.52. The van der Waals surface area contributed by atoms with Crippen LogP contribution in [-0.2, 0) is 23.8 Å². The van der Waals surface area contributed by atoms with Gasteiger partial charge in [0.25, 0.3) is 0 Å². The average molecular weight is 413 g/mol. The second-order valence-corrected chi connectivity index (χ2v) is 10.1. The first-order valence-electron chi connectivity index (χ1n) is 9.23. The predicted molar refractivity (Wildman–Crippen MR) is 92.0 cm³/mol. The molecule has 5 fully saturated rings. The third-order valence-corrected chi connectivity index (χ3v) is 9.96. The summed E-state index contributed by atoms with van der Waals surface area (Å²) in [4.78, 5) is 25.9. The highest BCUT2D eigenvalue weighted by molar-refractivity contribution is 9.09. The van der Waals surface area contributed by atoms with Crippen molar-refractivity contribution in [2.75, 3.05) is 5.33 Å². The van der Waals surface area contributed by atoms with Crippen LogP contribution in [-0.4, -0.2) is 40.7 Å². The highest BCUT2D eigenvalue weighted by atomic mass is 79.9. The van der Waals surface area contributed by atoms with Crippen LogP contribution in [0.5, 0.6) is 0 Å². The van der Waals surface area contributed by atoms with Gasteiger partial charge in [0.05, 0.1) is 22.0 Å². The zero-order valence-electron chi connectivity index (χ0n) is 15.3. The standard InChI is InChI=1S/C19H25BrO5/c1-9-12-15(3,8-20)25-19(16(12,4)13(21)23-9)7-11-6-18(11)14(22)24-10(2)17(18,19)5/h9-12H,6-8H2,1-5H3/t9?,10?,11-,12?,15-,16?,17?,18-,19?/m1/s1. The molecule has 0 bridgehead atoms. The van der Waals surface area contributed by atoms with Crippen LogP contribution in [0.15, 0.2) is 0 Å². The zero-order chi connectivity index (χ0) is 18.2. The summed E-state index contributed by atoms with van der Waals surface area (Å²) in [6, 6.07) is 0. The molecular weight excluding hydrogens is 388 g/mol. The van der Waals surface area contributed by atoms with Gasteiger partial charge < -0.3 is 14.2 Å². The molecule has 2 saturated carbocycles. The molecule has 0 aromatic carbocycles. The SMILES string of the molecule is CC1OC(=O)C2(C)C1[C@@](C)(CBr)OC21C[C@H]2C[C@]23C(=O)OC(C)C13C. The lowest BCUT2D eigenvalue weighted by molar-refractivity contribution is -0.209. The van der Waals surface area contributed by atoms with Gasteiger partial charge in [0, 0.05) is 11.2 Å². The van der Waals surface area contributed by atoms with E-state index in [2.05, 4.69) is 29.8 Å². The number of ether oxygens (including phenoxy) is 3. The summed E-state index contributed by atoms with van der Waals surface area (Å²) in [6.07, 6.45) is 1.12. The van der Waals surface area contributed by atoms with E-state index in [1.54, 1.807) is 0 Å². The van der Waals surface area contributed by atoms with Crippen molar-refractivity contribution in [2.24, 2.45) is 28.1 Å². The zero-order valence-corrected chi connectivity index (χ0v) is 16.9. The van der Waals surface area contributed by atoms with Gasteiger partial charge in [-0.05, 0) is 46.5 Å². The summed E-state index contributed by atoms with van der Waals surface area (Å²) in [6.45, 7) is 10.1. The van der Waals surface area contributed by atoms with Crippen LogP contribution in [0.2, 0.25) is 0 Å². The highest BCUT2D eigenvalue weighted by Gasteiger charge is 2.94. The molecule has 5 rings (SSSR count). The first kappa shape index (κ1) is 16.5. The van der Waals surface area contributed by atoms with E-state index in [1.165, 1.54) is 0 Å². The first-order chi connectivity index (χ1) is 11.5. The van der Waals surface area contributed by atoms with E-state index in [0.29, 0.717) is 5.33 Å². The Morgan fingerprint density at radius 3 is 2.40 bits per heavy atom. The highest BCUT2D eigenvalue weighted by Crippen LogP contribution is 2.86. The number of halogens is 1. The van der Waals surface area contributed by atoms with Crippen molar-refractivity contribution in [3.05, 3.63) is 0 Å². The molecule has 3 heterocycles. The molecule has 5 nitrogen and oxygen atoms in total. The van der Waals surface area contributed by atoms with Gasteiger partial charge in [-0.25, -0.2) is 0 Å². The molecule has 9 atom stereocenters. The number of carbonyl (C=O) groups is 2. The number of carbonyl (C=O) groups excluding carboxylic acids is 2. The Kier molecular flexibility index (Phi) is 2.72. The Hall–Kier alpha value is -0.620. The summed E-state index contributed by atoms with van der Waals surface area (Å²) >= 11 is 3.62. The molecule has 0 aromatic rings. The van der Waals surface area contributed by atoms with Gasteiger partial charge in [0.15, 0.2) is 0 Å². The number of fused-ring (bicyclic) bond motifs is 3. The quantitative estimate of drug-likeness (QED) is 0.489. The summed E-state index contributed by atoms with van der Waals surface area (Å²) in [5, 5.41) is 0.625. The van der Waals surface area contributed by atoms with Crippen molar-refractivity contribution in [3.8, 4) is 0 Å². The van der Waals surface area contributed by atoms with Crippen LogP contribution >= 0.6 is 15.9 Å². The molecule has 0 aromatic heterocycles. The fourth-order valence-electron chi connectivity index (χ4n) is 7.72. The van der Waals surface area contributed by atoms with E-state index in [4.69, 9.17) is 14.2 Å². The van der Waals surface area contributed by atoms with Gasteiger partial charge in [0.2, 0.25) is 0 Å². The molecule has 0 radical (unpaired) electrons. The summed E-state index contributed by atoms with van der Waals surface area (Å²) in [7, 11) is 0. The average Bonchev–Trinajstić information content (AvgIpc) is 3.00. The normalized spacial score (nSPS) is 64.1. The van der Waals surface area contributed by atoms with E-state index in [1.807, 2.05) is 20.8 Å². The molecule has 3 aliphatic heterocycles. The van der Waals surface area contributed by atoms with Crippen LogP contribution in [0.3, 0.4) is 0 Å². The molecule has 138 valence electrons. The van der Waals surface area contributed by atoms with Gasteiger partial charge in [-0.1, -0.05) is 22.9 Å². The molecule has 5 aliphatic rings. The summed E-state index contributed by atoms with van der Waals surface area (Å²) in [5.41, 5.74) is -3.02. The van der Waals surface area contributed by atoms with Gasteiger partial charge in [-0.2, -0.15) is 0 Å². The molecule has 6 heteroatoms. The maximum Gasteiger partial charge on any atom is 0.315 e. The van der Waals surface area contributed by atoms with Gasteiger partial charge >= 0.3 is 11.9 Å². The molecular formula is C19H25BrO5. The minimum atomic E-state index is -0.771. The van der Waals surface area contributed by atoms with E-state index < -0.39 is 27.4 Å². The molecule has 2 aliphatic carbocycles. The summed E-state index contributed by atoms with van der Waals surface area (Å²) in [5.74, 6) is -0.0890. The molecule has 0 N–H and O–H groups in total. The smallest absolute Gasteiger partial charge is 0.315 e. The van der Waals surface area contributed by atoms with E-state index in [9.17, 15) is 9.59 Å². The van der Waals surface area contributed by atoms with Gasteiger partial charge in [-0.3, -0.25) is 9.59 Å². The second-order valence-electron chi connectivity index (χ2n) is 9.49. The minimum absolute atomic E-state index is 0.0545. The lowest BCUT2D eigenvalue weighted by Gasteiger charge is -2.50. The third kappa shape index (κ3) is 1.28. The number of esters is 2. The van der Waals surface area contributed by atoms with E-state index in [-0.39, 0.29) is 36.0 Å². The maximum atomic E-state index is 13.1. The monoisotopic (exact) mass is 412 g/mol. The Labute approximate surface area is 156 Å². The number of hydrogen-bond donors (Lipinski definition) is 0. The second kappa shape index (κ2) is 4.11. The van der Waals surface area contributed by atoms with Crippen LogP contribution in [0.1, 0.15) is 47.5 Å². The largest absolute Gasteiger partial charge is 0.462 e. The number of rotatable bonds is 1. The summed E-state index contributed by atoms with van der Waals surface area (Å²) < 4.78 is 18.4. The Morgan fingerprint density at radius 1 is 1.08 bits per heavy atom. The molecule has 25 heavy (non-hydrogen) atoms. The van der Waals surface area contributed by atoms with Gasteiger partial charge in [0.1, 0.15) is 17.6 Å². The third-order valence-electron chi connectivity index (χ3n) is 8.84. The van der Waals surface area contributed by atoms with Crippen LogP contribution in [0.4, 0.5) is 0 Å². The Balaban J connectivity index is 1.77. The van der Waals surface area contributed by atoms with Crippen molar-refractivity contribution in [1.82, 2.24) is 0 Å². The maximum absolute atomic E-state index is 13.1. The van der Waals surface area contributed by atoms with Gasteiger partial charge in [-0.15, -0.1) is 0 Å². The predicted octanol–water partition coefficient (Wildman–Crippen LogP) is 2.84. The lowest BCUT2D eigenvalue weighted by Crippen LogP contribution is -2.61. The molecule has 3 saturated heterocycles.